The minimum absolute atomic E-state index is 0.0771. The van der Waals surface area contributed by atoms with Gasteiger partial charge >= 0.3 is 0 Å². The number of hydrogen-bond donors (Lipinski definition) is 0. The van der Waals surface area contributed by atoms with Crippen LogP contribution in [-0.2, 0) is 9.59 Å². The topological polar surface area (TPSA) is 37.4 Å². The fourth-order valence-corrected chi connectivity index (χ4v) is 10.3. The molecule has 0 N–H and O–H groups in total. The summed E-state index contributed by atoms with van der Waals surface area (Å²) in [6.45, 7) is 4.86. The molecule has 7 aliphatic carbocycles. The molecule has 21 heavy (non-hydrogen) atoms. The summed E-state index contributed by atoms with van der Waals surface area (Å²) in [5.41, 5.74) is 1.42. The van der Waals surface area contributed by atoms with Gasteiger partial charge in [0.15, 0.2) is 0 Å². The molecule has 1 heterocycles. The highest BCUT2D eigenvalue weighted by atomic mass is 16.2. The number of rotatable bonds is 0. The number of likely N-dealkylation sites (tertiary alicyclic amines) is 1. The Morgan fingerprint density at radius 2 is 1.29 bits per heavy atom. The fourth-order valence-electron chi connectivity index (χ4n) is 10.3. The van der Waals surface area contributed by atoms with Crippen molar-refractivity contribution in [3.05, 3.63) is 0 Å². The number of nitrogens with zero attached hydrogens (tertiary/aromatic N) is 1. The summed E-state index contributed by atoms with van der Waals surface area (Å²) in [5, 5.41) is 0. The lowest BCUT2D eigenvalue weighted by Crippen LogP contribution is -3.00. The highest BCUT2D eigenvalue weighted by Gasteiger charge is 3.05. The van der Waals surface area contributed by atoms with Crippen molar-refractivity contribution in [3.63, 3.8) is 0 Å². The number of hydrogen-bond acceptors (Lipinski definition) is 2. The SMILES string of the molecule is CN1C(=O)[C@@H]2[C@H](C1=O)[C@H]1[C@@H]3[C@@H]4[C@H]2[C@]25CC(C)(C)C[C@]12[C@H]3[C@H]45. The second kappa shape index (κ2) is 2.32. The molecule has 0 aromatic heterocycles. The van der Waals surface area contributed by atoms with Gasteiger partial charge in [-0.3, -0.25) is 14.5 Å². The van der Waals surface area contributed by atoms with Crippen molar-refractivity contribution in [2.24, 2.45) is 63.6 Å². The lowest BCUT2D eigenvalue weighted by Gasteiger charge is -3.02. The van der Waals surface area contributed by atoms with E-state index >= 15 is 0 Å². The van der Waals surface area contributed by atoms with Crippen molar-refractivity contribution < 1.29 is 9.59 Å². The Morgan fingerprint density at radius 1 is 0.857 bits per heavy atom. The lowest BCUT2D eigenvalue weighted by atomic mass is 9.01. The molecule has 8 fully saturated rings. The summed E-state index contributed by atoms with van der Waals surface area (Å²) in [7, 11) is 1.72. The smallest absolute Gasteiger partial charge is 0.233 e. The molecule has 110 valence electrons. The van der Waals surface area contributed by atoms with Gasteiger partial charge in [0.2, 0.25) is 11.8 Å². The van der Waals surface area contributed by atoms with Crippen LogP contribution >= 0.6 is 0 Å². The van der Waals surface area contributed by atoms with Crippen LogP contribution in [0.4, 0.5) is 0 Å². The first-order chi connectivity index (χ1) is 9.88. The largest absolute Gasteiger partial charge is 0.285 e. The van der Waals surface area contributed by atoms with E-state index in [1.807, 2.05) is 0 Å². The molecule has 2 spiro atoms. The number of imide groups is 1. The summed E-state index contributed by atoms with van der Waals surface area (Å²) >= 11 is 0. The Kier molecular flexibility index (Phi) is 1.19. The number of carbonyl (C=O) groups is 2. The zero-order chi connectivity index (χ0) is 14.3. The van der Waals surface area contributed by atoms with Crippen LogP contribution in [0.15, 0.2) is 0 Å². The molecular formula is C18H21NO2. The van der Waals surface area contributed by atoms with E-state index in [2.05, 4.69) is 13.8 Å². The number of carbonyl (C=O) groups excluding carboxylic acids is 2. The van der Waals surface area contributed by atoms with Crippen LogP contribution in [0.2, 0.25) is 0 Å². The predicted molar refractivity (Wildman–Crippen MR) is 73.6 cm³/mol. The van der Waals surface area contributed by atoms with Crippen molar-refractivity contribution in [2.45, 2.75) is 26.7 Å². The number of amides is 2. The molecule has 3 nitrogen and oxygen atoms in total. The zero-order valence-corrected chi connectivity index (χ0v) is 12.8. The maximum atomic E-state index is 12.7. The van der Waals surface area contributed by atoms with Crippen molar-refractivity contribution in [2.75, 3.05) is 7.05 Å². The molecule has 8 aliphatic rings. The molecule has 1 aliphatic heterocycles. The van der Waals surface area contributed by atoms with Crippen LogP contribution in [0.5, 0.6) is 0 Å². The molecule has 0 aromatic rings. The average molecular weight is 283 g/mol. The highest BCUT2D eigenvalue weighted by Crippen LogP contribution is 3.07. The summed E-state index contributed by atoms with van der Waals surface area (Å²) in [6, 6.07) is 0. The molecule has 10 atom stereocenters. The molecule has 1 saturated heterocycles. The summed E-state index contributed by atoms with van der Waals surface area (Å²) in [6.07, 6.45) is 2.67. The highest BCUT2D eigenvalue weighted by molar-refractivity contribution is 6.06. The second-order valence-corrected chi connectivity index (χ2v) is 10.1. The Morgan fingerprint density at radius 3 is 1.71 bits per heavy atom. The monoisotopic (exact) mass is 283 g/mol. The molecular weight excluding hydrogens is 262 g/mol. The van der Waals surface area contributed by atoms with E-state index in [1.165, 1.54) is 17.7 Å². The molecule has 3 heteroatoms. The molecule has 0 radical (unpaired) electrons. The van der Waals surface area contributed by atoms with E-state index in [0.29, 0.717) is 28.1 Å². The van der Waals surface area contributed by atoms with E-state index in [9.17, 15) is 9.59 Å². The second-order valence-electron chi connectivity index (χ2n) is 10.1. The van der Waals surface area contributed by atoms with Crippen molar-refractivity contribution in [3.8, 4) is 0 Å². The molecule has 0 aromatic carbocycles. The molecule has 0 unspecified atom stereocenters. The third-order valence-electron chi connectivity index (χ3n) is 9.67. The zero-order valence-electron chi connectivity index (χ0n) is 12.8. The summed E-state index contributed by atoms with van der Waals surface area (Å²) in [5.74, 6) is 5.23. The van der Waals surface area contributed by atoms with E-state index in [4.69, 9.17) is 0 Å². The van der Waals surface area contributed by atoms with Gasteiger partial charge in [-0.05, 0) is 64.6 Å². The van der Waals surface area contributed by atoms with Crippen LogP contribution in [0.3, 0.4) is 0 Å². The molecule has 2 bridgehead atoms. The maximum absolute atomic E-state index is 12.7. The van der Waals surface area contributed by atoms with Crippen molar-refractivity contribution in [1.82, 2.24) is 4.90 Å². The van der Waals surface area contributed by atoms with Crippen LogP contribution in [0.1, 0.15) is 26.7 Å². The summed E-state index contributed by atoms with van der Waals surface area (Å²) in [4.78, 5) is 26.9. The lowest BCUT2D eigenvalue weighted by molar-refractivity contribution is -0.563. The van der Waals surface area contributed by atoms with E-state index in [0.717, 1.165) is 23.7 Å². The Labute approximate surface area is 124 Å². The predicted octanol–water partition coefficient (Wildman–Crippen LogP) is 1.78. The quantitative estimate of drug-likeness (QED) is 0.635. The van der Waals surface area contributed by atoms with Gasteiger partial charge in [0.1, 0.15) is 0 Å². The van der Waals surface area contributed by atoms with Gasteiger partial charge < -0.3 is 0 Å². The maximum Gasteiger partial charge on any atom is 0.233 e. The van der Waals surface area contributed by atoms with Crippen LogP contribution in [0.25, 0.3) is 0 Å². The first-order valence-electron chi connectivity index (χ1n) is 8.70. The first kappa shape index (κ1) is 10.8. The van der Waals surface area contributed by atoms with Gasteiger partial charge in [-0.25, -0.2) is 0 Å². The van der Waals surface area contributed by atoms with Crippen LogP contribution in [-0.4, -0.2) is 23.8 Å². The van der Waals surface area contributed by atoms with E-state index in [1.54, 1.807) is 7.05 Å². The Hall–Kier alpha value is -0.860. The standard InChI is InChI=1S/C18H21NO2/c1-16(2)4-17-10-6-7-11(18(17,5-16)13(7)12(6)17)9-8(10)14(20)19(3)15(9)21/h6-13H,4-5H2,1-3H3/t6-,7+,8-,9+,10-,11-,12+,13-,17+,18-/m1/s1. The van der Waals surface area contributed by atoms with Crippen molar-refractivity contribution in [1.29, 1.82) is 0 Å². The minimum atomic E-state index is 0.0771. The fraction of sp³-hybridized carbons (Fsp3) is 0.889. The average Bonchev–Trinajstić information content (AvgIpc) is 2.76. The van der Waals surface area contributed by atoms with Gasteiger partial charge in [-0.1, -0.05) is 13.8 Å². The van der Waals surface area contributed by atoms with Gasteiger partial charge in [0.05, 0.1) is 11.8 Å². The Bertz CT molecular complexity index is 641. The third-order valence-corrected chi connectivity index (χ3v) is 9.67. The third kappa shape index (κ3) is 0.608. The van der Waals surface area contributed by atoms with Gasteiger partial charge in [0, 0.05) is 7.05 Å². The molecule has 8 rings (SSSR count). The van der Waals surface area contributed by atoms with Crippen LogP contribution < -0.4 is 0 Å². The molecule has 2 amide bonds. The van der Waals surface area contributed by atoms with Gasteiger partial charge in [-0.15, -0.1) is 0 Å². The van der Waals surface area contributed by atoms with Gasteiger partial charge in [0.25, 0.3) is 0 Å². The Balaban J connectivity index is 1.49. The minimum Gasteiger partial charge on any atom is -0.285 e. The van der Waals surface area contributed by atoms with Crippen molar-refractivity contribution >= 4 is 11.8 Å². The molecule has 7 saturated carbocycles. The van der Waals surface area contributed by atoms with E-state index in [-0.39, 0.29) is 23.7 Å². The normalized spacial score (nSPS) is 72.0. The van der Waals surface area contributed by atoms with Crippen LogP contribution in [0, 0.1) is 63.6 Å². The first-order valence-corrected chi connectivity index (χ1v) is 8.70. The van der Waals surface area contributed by atoms with E-state index < -0.39 is 0 Å². The van der Waals surface area contributed by atoms with Gasteiger partial charge in [-0.2, -0.15) is 0 Å². The summed E-state index contributed by atoms with van der Waals surface area (Å²) < 4.78 is 0.